The van der Waals surface area contributed by atoms with E-state index in [0.29, 0.717) is 23.7 Å². The zero-order valence-electron chi connectivity index (χ0n) is 18.6. The number of unbranched alkanes of at least 4 members (excludes halogenated alkanes) is 2. The highest BCUT2D eigenvalue weighted by molar-refractivity contribution is 7.94. The molecule has 0 unspecified atom stereocenters. The maximum atomic E-state index is 12.6. The number of ether oxygens (including phenoxy) is 2. The van der Waals surface area contributed by atoms with Gasteiger partial charge in [0.2, 0.25) is 0 Å². The first kappa shape index (κ1) is 24.6. The van der Waals surface area contributed by atoms with Crippen LogP contribution in [0.1, 0.15) is 19.3 Å². The molecule has 0 atom stereocenters. The highest BCUT2D eigenvalue weighted by atomic mass is 32.2. The summed E-state index contributed by atoms with van der Waals surface area (Å²) in [5.74, 6) is 1.38. The molecule has 0 aliphatic heterocycles. The lowest BCUT2D eigenvalue weighted by Gasteiger charge is -2.20. The van der Waals surface area contributed by atoms with Crippen LogP contribution < -0.4 is 18.5 Å². The normalized spacial score (nSPS) is 11.2. The van der Waals surface area contributed by atoms with E-state index >= 15 is 0 Å². The number of hydrogen-bond donors (Lipinski definition) is 1. The van der Waals surface area contributed by atoms with Crippen LogP contribution in [0.2, 0.25) is 0 Å². The topological polar surface area (TPSA) is 71.1 Å². The first-order chi connectivity index (χ1) is 14.9. The van der Waals surface area contributed by atoms with Gasteiger partial charge in [-0.05, 0) is 81.4 Å². The van der Waals surface area contributed by atoms with Crippen molar-refractivity contribution in [3.63, 3.8) is 0 Å². The quantitative estimate of drug-likeness (QED) is 0.348. The molecule has 8 heteroatoms. The lowest BCUT2D eigenvalue weighted by molar-refractivity contribution is 0.296. The average molecular weight is 448 g/mol. The van der Waals surface area contributed by atoms with Gasteiger partial charge in [0.15, 0.2) is 0 Å². The molecular formula is C23H33N3O4S. The van der Waals surface area contributed by atoms with Crippen LogP contribution in [0.3, 0.4) is 0 Å². The van der Waals surface area contributed by atoms with E-state index in [4.69, 9.17) is 9.47 Å². The van der Waals surface area contributed by atoms with E-state index in [-0.39, 0.29) is 0 Å². The molecule has 0 aromatic heterocycles. The Kier molecular flexibility index (Phi) is 9.68. The molecule has 170 valence electrons. The second kappa shape index (κ2) is 12.2. The van der Waals surface area contributed by atoms with Crippen molar-refractivity contribution in [1.82, 2.24) is 4.90 Å². The van der Waals surface area contributed by atoms with Crippen LogP contribution in [0.5, 0.6) is 11.5 Å². The molecule has 2 rings (SSSR count). The maximum Gasteiger partial charge on any atom is 0.323 e. The number of methoxy groups -OCH3 is 1. The van der Waals surface area contributed by atoms with Gasteiger partial charge in [-0.25, -0.2) is 0 Å². The summed E-state index contributed by atoms with van der Waals surface area (Å²) in [4.78, 5) is 2.24. The molecule has 0 radical (unpaired) electrons. The van der Waals surface area contributed by atoms with E-state index in [2.05, 4.69) is 23.2 Å². The van der Waals surface area contributed by atoms with Crippen LogP contribution >= 0.6 is 0 Å². The van der Waals surface area contributed by atoms with Gasteiger partial charge in [0.1, 0.15) is 11.5 Å². The Hall–Kier alpha value is -2.71. The van der Waals surface area contributed by atoms with Gasteiger partial charge in [-0.1, -0.05) is 6.08 Å². The molecule has 31 heavy (non-hydrogen) atoms. The molecule has 2 aromatic rings. The molecule has 0 bridgehead atoms. The second-order valence-electron chi connectivity index (χ2n) is 7.26. The molecule has 0 fully saturated rings. The molecule has 2 aromatic carbocycles. The summed E-state index contributed by atoms with van der Waals surface area (Å²) in [7, 11) is 1.41. The molecule has 0 spiro atoms. The van der Waals surface area contributed by atoms with Crippen molar-refractivity contribution in [2.45, 2.75) is 19.3 Å². The van der Waals surface area contributed by atoms with Crippen molar-refractivity contribution in [3.05, 3.63) is 61.2 Å². The van der Waals surface area contributed by atoms with Crippen molar-refractivity contribution in [2.24, 2.45) is 0 Å². The average Bonchev–Trinajstić information content (AvgIpc) is 2.76. The van der Waals surface area contributed by atoms with Gasteiger partial charge < -0.3 is 14.4 Å². The number of nitrogens with zero attached hydrogens (tertiary/aromatic N) is 2. The zero-order chi connectivity index (χ0) is 22.7. The van der Waals surface area contributed by atoms with E-state index in [1.54, 1.807) is 55.6 Å². The predicted octanol–water partition coefficient (Wildman–Crippen LogP) is 4.16. The molecule has 7 nitrogen and oxygen atoms in total. The Morgan fingerprint density at radius 2 is 1.61 bits per heavy atom. The Bertz CT molecular complexity index is 899. The highest BCUT2D eigenvalue weighted by Gasteiger charge is 2.18. The van der Waals surface area contributed by atoms with E-state index < -0.39 is 10.2 Å². The summed E-state index contributed by atoms with van der Waals surface area (Å²) in [5, 5.41) is 0. The lowest BCUT2D eigenvalue weighted by Crippen LogP contribution is -2.32. The monoisotopic (exact) mass is 447 g/mol. The summed E-state index contributed by atoms with van der Waals surface area (Å²) in [6, 6.07) is 13.7. The Balaban J connectivity index is 1.80. The Labute approximate surface area is 186 Å². The Morgan fingerprint density at radius 1 is 0.968 bits per heavy atom. The minimum atomic E-state index is -3.75. The number of rotatable bonds is 14. The molecule has 0 saturated heterocycles. The first-order valence-electron chi connectivity index (χ1n) is 10.3. The largest absolute Gasteiger partial charge is 0.497 e. The highest BCUT2D eigenvalue weighted by Crippen LogP contribution is 2.23. The third kappa shape index (κ3) is 8.15. The van der Waals surface area contributed by atoms with Crippen molar-refractivity contribution in [2.75, 3.05) is 49.9 Å². The van der Waals surface area contributed by atoms with Crippen LogP contribution in [0.25, 0.3) is 0 Å². The summed E-state index contributed by atoms with van der Waals surface area (Å²) < 4.78 is 39.9. The van der Waals surface area contributed by atoms with E-state index in [1.165, 1.54) is 11.4 Å². The van der Waals surface area contributed by atoms with Gasteiger partial charge in [-0.2, -0.15) is 8.42 Å². The van der Waals surface area contributed by atoms with Crippen LogP contribution in [-0.4, -0.2) is 54.2 Å². The standard InChI is InChI=1S/C23H33N3O4S/c1-5-17-25(2)18-7-6-8-19-30-23-15-11-21(12-16-23)26(3)31(27,28)24-20-9-13-22(29-4)14-10-20/h5,9-16,24H,1,6-8,17-19H2,2-4H3. The van der Waals surface area contributed by atoms with E-state index in [1.807, 2.05) is 6.08 Å². The second-order valence-corrected chi connectivity index (χ2v) is 8.96. The van der Waals surface area contributed by atoms with Gasteiger partial charge in [0.25, 0.3) is 0 Å². The number of nitrogens with one attached hydrogen (secondary N) is 1. The summed E-state index contributed by atoms with van der Waals surface area (Å²) in [5.41, 5.74) is 1.00. The number of anilines is 2. The van der Waals surface area contributed by atoms with Crippen molar-refractivity contribution < 1.29 is 17.9 Å². The summed E-state index contributed by atoms with van der Waals surface area (Å²) in [6.07, 6.45) is 5.10. The fraction of sp³-hybridized carbons (Fsp3) is 0.391. The van der Waals surface area contributed by atoms with Crippen molar-refractivity contribution in [1.29, 1.82) is 0 Å². The fourth-order valence-electron chi connectivity index (χ4n) is 2.93. The molecule has 0 saturated carbocycles. The van der Waals surface area contributed by atoms with Gasteiger partial charge >= 0.3 is 10.2 Å². The van der Waals surface area contributed by atoms with Gasteiger partial charge in [0.05, 0.1) is 25.1 Å². The van der Waals surface area contributed by atoms with Crippen LogP contribution in [-0.2, 0) is 10.2 Å². The first-order valence-corrected chi connectivity index (χ1v) is 11.7. The zero-order valence-corrected chi connectivity index (χ0v) is 19.4. The van der Waals surface area contributed by atoms with E-state index in [9.17, 15) is 8.42 Å². The lowest BCUT2D eigenvalue weighted by atomic mass is 10.2. The third-order valence-corrected chi connectivity index (χ3v) is 6.22. The predicted molar refractivity (Wildman–Crippen MR) is 127 cm³/mol. The van der Waals surface area contributed by atoms with Crippen LogP contribution in [0.4, 0.5) is 11.4 Å². The van der Waals surface area contributed by atoms with Gasteiger partial charge in [-0.15, -0.1) is 6.58 Å². The number of benzene rings is 2. The van der Waals surface area contributed by atoms with Gasteiger partial charge in [0, 0.05) is 13.6 Å². The Morgan fingerprint density at radius 3 is 2.23 bits per heavy atom. The fourth-order valence-corrected chi connectivity index (χ4v) is 3.90. The molecule has 1 N–H and O–H groups in total. The third-order valence-electron chi connectivity index (χ3n) is 4.79. The molecule has 0 aliphatic rings. The summed E-state index contributed by atoms with van der Waals surface area (Å²) in [6.45, 7) is 6.33. The molecule has 0 amide bonds. The number of likely N-dealkylation sites (N-methyl/N-ethyl adjacent to an activating group) is 1. The SMILES string of the molecule is C=CCN(C)CCCCCOc1ccc(N(C)S(=O)(=O)Nc2ccc(OC)cc2)cc1. The minimum absolute atomic E-state index is 0.461. The number of hydrogen-bond acceptors (Lipinski definition) is 5. The van der Waals surface area contributed by atoms with Crippen LogP contribution in [0.15, 0.2) is 61.2 Å². The molecular weight excluding hydrogens is 414 g/mol. The maximum absolute atomic E-state index is 12.6. The van der Waals surface area contributed by atoms with Gasteiger partial charge in [-0.3, -0.25) is 9.03 Å². The van der Waals surface area contributed by atoms with Crippen molar-refractivity contribution >= 4 is 21.6 Å². The molecule has 0 aliphatic carbocycles. The van der Waals surface area contributed by atoms with E-state index in [0.717, 1.165) is 38.1 Å². The molecule has 0 heterocycles. The van der Waals surface area contributed by atoms with Crippen molar-refractivity contribution in [3.8, 4) is 11.5 Å². The minimum Gasteiger partial charge on any atom is -0.497 e. The smallest absolute Gasteiger partial charge is 0.323 e. The van der Waals surface area contributed by atoms with Crippen LogP contribution in [0, 0.1) is 0 Å². The summed E-state index contributed by atoms with van der Waals surface area (Å²) >= 11 is 0.